The van der Waals surface area contributed by atoms with Crippen LogP contribution in [0.4, 0.5) is 5.69 Å². The van der Waals surface area contributed by atoms with Crippen LogP contribution in [0.25, 0.3) is 11.3 Å². The van der Waals surface area contributed by atoms with E-state index in [1.807, 2.05) is 30.3 Å². The third-order valence-corrected chi connectivity index (χ3v) is 2.47. The predicted molar refractivity (Wildman–Crippen MR) is 67.2 cm³/mol. The van der Waals surface area contributed by atoms with E-state index in [1.54, 1.807) is 20.4 Å². The zero-order valence-corrected chi connectivity index (χ0v) is 9.81. The van der Waals surface area contributed by atoms with Gasteiger partial charge in [-0.25, -0.2) is 0 Å². The molecule has 4 heteroatoms. The molecule has 0 radical (unpaired) electrons. The van der Waals surface area contributed by atoms with Crippen molar-refractivity contribution in [2.45, 2.75) is 0 Å². The molecule has 2 rings (SSSR count). The van der Waals surface area contributed by atoms with E-state index in [1.165, 1.54) is 0 Å². The summed E-state index contributed by atoms with van der Waals surface area (Å²) in [6.07, 6.45) is 1.62. The fraction of sp³-hybridized carbons (Fsp3) is 0.154. The standard InChI is InChI=1S/C13H14N2O2/c1-16-10-4-5-11(13(7-10)17-2)12-6-3-9(14)8-15-12/h3-8H,14H2,1-2H3. The van der Waals surface area contributed by atoms with Crippen LogP contribution in [0.1, 0.15) is 0 Å². The Kier molecular flexibility index (Phi) is 3.14. The second-order valence-electron chi connectivity index (χ2n) is 3.54. The van der Waals surface area contributed by atoms with Gasteiger partial charge in [-0.15, -0.1) is 0 Å². The number of nitrogens with two attached hydrogens (primary N) is 1. The van der Waals surface area contributed by atoms with Crippen LogP contribution >= 0.6 is 0 Å². The van der Waals surface area contributed by atoms with Gasteiger partial charge in [0.2, 0.25) is 0 Å². The van der Waals surface area contributed by atoms with E-state index in [-0.39, 0.29) is 0 Å². The van der Waals surface area contributed by atoms with Crippen molar-refractivity contribution >= 4 is 5.69 Å². The quantitative estimate of drug-likeness (QED) is 0.879. The largest absolute Gasteiger partial charge is 0.497 e. The Hall–Kier alpha value is -2.23. The van der Waals surface area contributed by atoms with Crippen LogP contribution in [0.3, 0.4) is 0 Å². The lowest BCUT2D eigenvalue weighted by Crippen LogP contribution is -1.93. The Morgan fingerprint density at radius 3 is 2.47 bits per heavy atom. The molecule has 0 spiro atoms. The number of benzene rings is 1. The molecular weight excluding hydrogens is 216 g/mol. The normalized spacial score (nSPS) is 10.0. The maximum absolute atomic E-state index is 5.61. The highest BCUT2D eigenvalue weighted by atomic mass is 16.5. The van der Waals surface area contributed by atoms with Gasteiger partial charge < -0.3 is 15.2 Å². The number of pyridine rings is 1. The van der Waals surface area contributed by atoms with Gasteiger partial charge in [0.15, 0.2) is 0 Å². The molecule has 88 valence electrons. The number of methoxy groups -OCH3 is 2. The number of rotatable bonds is 3. The van der Waals surface area contributed by atoms with Gasteiger partial charge in [-0.2, -0.15) is 0 Å². The van der Waals surface area contributed by atoms with Crippen LogP contribution in [0.5, 0.6) is 11.5 Å². The summed E-state index contributed by atoms with van der Waals surface area (Å²) in [6.45, 7) is 0. The smallest absolute Gasteiger partial charge is 0.131 e. The first-order valence-corrected chi connectivity index (χ1v) is 5.18. The first-order valence-electron chi connectivity index (χ1n) is 5.18. The molecule has 0 bridgehead atoms. The minimum absolute atomic E-state index is 0.640. The van der Waals surface area contributed by atoms with Crippen molar-refractivity contribution in [2.75, 3.05) is 20.0 Å². The van der Waals surface area contributed by atoms with Crippen molar-refractivity contribution in [1.29, 1.82) is 0 Å². The number of nitrogens with zero attached hydrogens (tertiary/aromatic N) is 1. The van der Waals surface area contributed by atoms with Gasteiger partial charge in [-0.1, -0.05) is 0 Å². The monoisotopic (exact) mass is 230 g/mol. The average Bonchev–Trinajstić information content (AvgIpc) is 2.39. The van der Waals surface area contributed by atoms with Gasteiger partial charge in [0.25, 0.3) is 0 Å². The van der Waals surface area contributed by atoms with E-state index < -0.39 is 0 Å². The first-order chi connectivity index (χ1) is 8.24. The summed E-state index contributed by atoms with van der Waals surface area (Å²) in [4.78, 5) is 4.27. The van der Waals surface area contributed by atoms with Gasteiger partial charge in [0, 0.05) is 11.6 Å². The average molecular weight is 230 g/mol. The maximum atomic E-state index is 5.61. The van der Waals surface area contributed by atoms with E-state index in [0.29, 0.717) is 5.69 Å². The zero-order chi connectivity index (χ0) is 12.3. The Morgan fingerprint density at radius 1 is 1.06 bits per heavy atom. The molecule has 0 amide bonds. The van der Waals surface area contributed by atoms with Gasteiger partial charge in [-0.05, 0) is 24.3 Å². The third kappa shape index (κ3) is 2.30. The lowest BCUT2D eigenvalue weighted by molar-refractivity contribution is 0.395. The van der Waals surface area contributed by atoms with Crippen LogP contribution in [0.15, 0.2) is 36.5 Å². The summed E-state index contributed by atoms with van der Waals surface area (Å²) in [5, 5.41) is 0. The summed E-state index contributed by atoms with van der Waals surface area (Å²) in [5.41, 5.74) is 7.98. The fourth-order valence-electron chi connectivity index (χ4n) is 1.57. The Morgan fingerprint density at radius 2 is 1.88 bits per heavy atom. The Labute approximate surface area is 100 Å². The van der Waals surface area contributed by atoms with Crippen molar-refractivity contribution in [3.63, 3.8) is 0 Å². The highest BCUT2D eigenvalue weighted by Gasteiger charge is 2.08. The van der Waals surface area contributed by atoms with Crippen molar-refractivity contribution in [2.24, 2.45) is 0 Å². The predicted octanol–water partition coefficient (Wildman–Crippen LogP) is 2.35. The minimum Gasteiger partial charge on any atom is -0.497 e. The van der Waals surface area contributed by atoms with E-state index in [0.717, 1.165) is 22.8 Å². The van der Waals surface area contributed by atoms with E-state index in [4.69, 9.17) is 15.2 Å². The third-order valence-electron chi connectivity index (χ3n) is 2.47. The molecule has 1 aromatic carbocycles. The van der Waals surface area contributed by atoms with Gasteiger partial charge in [0.1, 0.15) is 11.5 Å². The number of aromatic nitrogens is 1. The molecule has 0 saturated carbocycles. The van der Waals surface area contributed by atoms with Gasteiger partial charge in [0.05, 0.1) is 31.8 Å². The molecule has 1 heterocycles. The van der Waals surface area contributed by atoms with E-state index in [2.05, 4.69) is 4.98 Å². The molecule has 2 N–H and O–H groups in total. The van der Waals surface area contributed by atoms with Crippen LogP contribution < -0.4 is 15.2 Å². The van der Waals surface area contributed by atoms with Crippen molar-refractivity contribution in [3.8, 4) is 22.8 Å². The molecule has 1 aromatic heterocycles. The van der Waals surface area contributed by atoms with E-state index >= 15 is 0 Å². The summed E-state index contributed by atoms with van der Waals surface area (Å²) in [5.74, 6) is 1.47. The molecule has 0 aliphatic rings. The lowest BCUT2D eigenvalue weighted by atomic mass is 10.1. The summed E-state index contributed by atoms with van der Waals surface area (Å²) < 4.78 is 10.5. The van der Waals surface area contributed by atoms with Crippen molar-refractivity contribution < 1.29 is 9.47 Å². The highest BCUT2D eigenvalue weighted by Crippen LogP contribution is 2.32. The Bertz CT molecular complexity index is 509. The zero-order valence-electron chi connectivity index (χ0n) is 9.81. The number of hydrogen-bond acceptors (Lipinski definition) is 4. The number of hydrogen-bond donors (Lipinski definition) is 1. The van der Waals surface area contributed by atoms with Gasteiger partial charge >= 0.3 is 0 Å². The van der Waals surface area contributed by atoms with Crippen LogP contribution in [-0.4, -0.2) is 19.2 Å². The van der Waals surface area contributed by atoms with Crippen molar-refractivity contribution in [3.05, 3.63) is 36.5 Å². The van der Waals surface area contributed by atoms with Crippen LogP contribution in [0.2, 0.25) is 0 Å². The molecule has 17 heavy (non-hydrogen) atoms. The molecule has 4 nitrogen and oxygen atoms in total. The maximum Gasteiger partial charge on any atom is 0.131 e. The van der Waals surface area contributed by atoms with Crippen molar-refractivity contribution in [1.82, 2.24) is 4.98 Å². The van der Waals surface area contributed by atoms with E-state index in [9.17, 15) is 0 Å². The molecule has 0 unspecified atom stereocenters. The second-order valence-corrected chi connectivity index (χ2v) is 3.54. The van der Waals surface area contributed by atoms with Gasteiger partial charge in [-0.3, -0.25) is 4.98 Å². The first kappa shape index (κ1) is 11.3. The SMILES string of the molecule is COc1ccc(-c2ccc(N)cn2)c(OC)c1. The number of nitrogen functional groups attached to an aromatic ring is 1. The topological polar surface area (TPSA) is 57.4 Å². The van der Waals surface area contributed by atoms with Crippen LogP contribution in [0, 0.1) is 0 Å². The highest BCUT2D eigenvalue weighted by molar-refractivity contribution is 5.69. The number of ether oxygens (including phenoxy) is 2. The molecular formula is C13H14N2O2. The molecule has 0 aliphatic carbocycles. The lowest BCUT2D eigenvalue weighted by Gasteiger charge is -2.09. The van der Waals surface area contributed by atoms with Crippen LogP contribution in [-0.2, 0) is 0 Å². The summed E-state index contributed by atoms with van der Waals surface area (Å²) in [7, 11) is 3.24. The Balaban J connectivity index is 2.47. The molecule has 0 atom stereocenters. The molecule has 0 aliphatic heterocycles. The molecule has 0 saturated heterocycles. The fourth-order valence-corrected chi connectivity index (χ4v) is 1.57. The molecule has 2 aromatic rings. The minimum atomic E-state index is 0.640. The summed E-state index contributed by atoms with van der Waals surface area (Å²) in [6, 6.07) is 9.28. The number of anilines is 1. The second kappa shape index (κ2) is 4.74. The summed E-state index contributed by atoms with van der Waals surface area (Å²) >= 11 is 0. The molecule has 0 fully saturated rings.